The lowest BCUT2D eigenvalue weighted by molar-refractivity contribution is 0.191. The van der Waals surface area contributed by atoms with Crippen LogP contribution in [0.5, 0.6) is 0 Å². The summed E-state index contributed by atoms with van der Waals surface area (Å²) in [6.07, 6.45) is 3.32. The van der Waals surface area contributed by atoms with E-state index in [9.17, 15) is 8.42 Å². The molecule has 2 aromatic rings. The van der Waals surface area contributed by atoms with Gasteiger partial charge in [0, 0.05) is 19.6 Å². The van der Waals surface area contributed by atoms with Gasteiger partial charge >= 0.3 is 0 Å². The molecule has 1 unspecified atom stereocenters. The second-order valence-electron chi connectivity index (χ2n) is 8.17. The van der Waals surface area contributed by atoms with Gasteiger partial charge in [0.15, 0.2) is 0 Å². The van der Waals surface area contributed by atoms with Gasteiger partial charge in [-0.05, 0) is 69.1 Å². The van der Waals surface area contributed by atoms with Crippen LogP contribution < -0.4 is 5.32 Å². The molecule has 164 valence electrons. The molecule has 1 atom stereocenters. The van der Waals surface area contributed by atoms with E-state index in [1.165, 1.54) is 22.7 Å². The summed E-state index contributed by atoms with van der Waals surface area (Å²) >= 11 is 0. The first-order valence-corrected chi connectivity index (χ1v) is 12.5. The highest BCUT2D eigenvalue weighted by atomic mass is 32.2. The van der Waals surface area contributed by atoms with Crippen molar-refractivity contribution in [3.05, 3.63) is 66.2 Å². The monoisotopic (exact) mass is 429 g/mol. The van der Waals surface area contributed by atoms with Gasteiger partial charge in [-0.25, -0.2) is 12.7 Å². The molecule has 2 aromatic carbocycles. The van der Waals surface area contributed by atoms with Crippen LogP contribution in [0.15, 0.2) is 65.6 Å². The maximum Gasteiger partial charge on any atom is 0.242 e. The van der Waals surface area contributed by atoms with Crippen LogP contribution >= 0.6 is 0 Å². The van der Waals surface area contributed by atoms with Crippen molar-refractivity contribution < 1.29 is 8.42 Å². The zero-order valence-corrected chi connectivity index (χ0v) is 19.0. The number of benzene rings is 2. The van der Waals surface area contributed by atoms with Crippen LogP contribution in [0.2, 0.25) is 0 Å². The van der Waals surface area contributed by atoms with Crippen LogP contribution in [0.25, 0.3) is 0 Å². The van der Waals surface area contributed by atoms with Crippen molar-refractivity contribution >= 4 is 10.0 Å². The summed E-state index contributed by atoms with van der Waals surface area (Å²) in [7, 11) is -1.79. The lowest BCUT2D eigenvalue weighted by atomic mass is 9.94. The molecule has 1 aliphatic heterocycles. The fraction of sp³-hybridized carbons (Fsp3) is 0.500. The fourth-order valence-electron chi connectivity index (χ4n) is 4.26. The molecule has 5 nitrogen and oxygen atoms in total. The lowest BCUT2D eigenvalue weighted by Crippen LogP contribution is -2.43. The van der Waals surface area contributed by atoms with Gasteiger partial charge in [0.05, 0.1) is 4.90 Å². The standard InChI is InChI=1S/C24H35N3O2S/c1-3-25-23-15-18-27(19-16-23)17-14-22(21-10-6-4-7-11-21)20-26(2)30(28,29)24-12-8-5-9-13-24/h4-13,22-23,25H,3,14-20H2,1-2H3. The van der Waals surface area contributed by atoms with E-state index in [2.05, 4.69) is 29.3 Å². The molecule has 1 fully saturated rings. The second kappa shape index (κ2) is 11.0. The molecule has 0 spiro atoms. The fourth-order valence-corrected chi connectivity index (χ4v) is 5.49. The van der Waals surface area contributed by atoms with Crippen LogP contribution in [0.1, 0.15) is 37.7 Å². The summed E-state index contributed by atoms with van der Waals surface area (Å²) in [5, 5.41) is 3.55. The van der Waals surface area contributed by atoms with E-state index < -0.39 is 10.0 Å². The number of piperidine rings is 1. The van der Waals surface area contributed by atoms with Crippen molar-refractivity contribution in [2.45, 2.75) is 43.0 Å². The van der Waals surface area contributed by atoms with Crippen molar-refractivity contribution in [2.24, 2.45) is 0 Å². The topological polar surface area (TPSA) is 52.6 Å². The Morgan fingerprint density at radius 2 is 1.63 bits per heavy atom. The highest BCUT2D eigenvalue weighted by Crippen LogP contribution is 2.25. The van der Waals surface area contributed by atoms with Crippen molar-refractivity contribution in [1.29, 1.82) is 0 Å². The average molecular weight is 430 g/mol. The van der Waals surface area contributed by atoms with Gasteiger partial charge in [-0.2, -0.15) is 0 Å². The zero-order valence-electron chi connectivity index (χ0n) is 18.2. The number of hydrogen-bond acceptors (Lipinski definition) is 4. The van der Waals surface area contributed by atoms with E-state index in [0.717, 1.165) is 32.6 Å². The lowest BCUT2D eigenvalue weighted by Gasteiger charge is -2.33. The quantitative estimate of drug-likeness (QED) is 0.628. The van der Waals surface area contributed by atoms with Gasteiger partial charge in [0.1, 0.15) is 0 Å². The predicted octanol–water partition coefficient (Wildman–Crippen LogP) is 3.55. The van der Waals surface area contributed by atoms with Gasteiger partial charge in [-0.3, -0.25) is 0 Å². The first kappa shape index (κ1) is 22.9. The van der Waals surface area contributed by atoms with Crippen LogP contribution in [0.3, 0.4) is 0 Å². The molecular formula is C24H35N3O2S. The molecule has 0 bridgehead atoms. The van der Waals surface area contributed by atoms with Crippen molar-refractivity contribution in [1.82, 2.24) is 14.5 Å². The Labute approximate surface area is 182 Å². The molecule has 3 rings (SSSR count). The molecule has 1 heterocycles. The molecular weight excluding hydrogens is 394 g/mol. The molecule has 0 saturated carbocycles. The summed E-state index contributed by atoms with van der Waals surface area (Å²) < 4.78 is 27.5. The molecule has 0 aliphatic carbocycles. The first-order valence-electron chi connectivity index (χ1n) is 11.0. The number of rotatable bonds is 10. The third kappa shape index (κ3) is 6.14. The van der Waals surface area contributed by atoms with Crippen molar-refractivity contribution in [2.75, 3.05) is 39.8 Å². The summed E-state index contributed by atoms with van der Waals surface area (Å²) in [5.41, 5.74) is 1.20. The minimum Gasteiger partial charge on any atom is -0.314 e. The molecule has 6 heteroatoms. The minimum absolute atomic E-state index is 0.168. The normalized spacial score (nSPS) is 17.3. The molecule has 30 heavy (non-hydrogen) atoms. The number of sulfonamides is 1. The summed E-state index contributed by atoms with van der Waals surface area (Å²) in [6.45, 7) is 6.89. The summed E-state index contributed by atoms with van der Waals surface area (Å²) in [6, 6.07) is 19.7. The maximum absolute atomic E-state index is 13.0. The van der Waals surface area contributed by atoms with Crippen LogP contribution in [0.4, 0.5) is 0 Å². The molecule has 0 amide bonds. The predicted molar refractivity (Wildman–Crippen MR) is 123 cm³/mol. The third-order valence-corrected chi connectivity index (χ3v) is 7.91. The second-order valence-corrected chi connectivity index (χ2v) is 10.2. The van der Waals surface area contributed by atoms with Crippen LogP contribution in [0, 0.1) is 0 Å². The Morgan fingerprint density at radius 3 is 2.23 bits per heavy atom. The highest BCUT2D eigenvalue weighted by Gasteiger charge is 2.25. The Morgan fingerprint density at radius 1 is 1.03 bits per heavy atom. The Hall–Kier alpha value is -1.73. The van der Waals surface area contributed by atoms with Gasteiger partial charge in [0.2, 0.25) is 10.0 Å². The average Bonchev–Trinajstić information content (AvgIpc) is 2.79. The SMILES string of the molecule is CCNC1CCN(CCC(CN(C)S(=O)(=O)c2ccccc2)c2ccccc2)CC1. The maximum atomic E-state index is 13.0. The third-order valence-electron chi connectivity index (χ3n) is 6.07. The molecule has 0 radical (unpaired) electrons. The van der Waals surface area contributed by atoms with Gasteiger partial charge in [0.25, 0.3) is 0 Å². The minimum atomic E-state index is -3.49. The number of nitrogens with zero attached hydrogens (tertiary/aromatic N) is 2. The molecule has 1 N–H and O–H groups in total. The van der Waals surface area contributed by atoms with E-state index in [1.54, 1.807) is 31.3 Å². The number of nitrogens with one attached hydrogen (secondary N) is 1. The molecule has 1 saturated heterocycles. The zero-order chi connectivity index (χ0) is 21.4. The number of likely N-dealkylation sites (N-methyl/N-ethyl adjacent to an activating group) is 1. The van der Waals surface area contributed by atoms with E-state index in [4.69, 9.17) is 0 Å². The van der Waals surface area contributed by atoms with E-state index in [1.807, 2.05) is 24.3 Å². The van der Waals surface area contributed by atoms with E-state index >= 15 is 0 Å². The smallest absolute Gasteiger partial charge is 0.242 e. The number of hydrogen-bond donors (Lipinski definition) is 1. The summed E-state index contributed by atoms with van der Waals surface area (Å²) in [5.74, 6) is 0.168. The first-order chi connectivity index (χ1) is 14.5. The van der Waals surface area contributed by atoms with Crippen LogP contribution in [-0.4, -0.2) is 63.4 Å². The Kier molecular flexibility index (Phi) is 8.45. The van der Waals surface area contributed by atoms with E-state index in [0.29, 0.717) is 17.5 Å². The number of likely N-dealkylation sites (tertiary alicyclic amines) is 1. The van der Waals surface area contributed by atoms with Crippen LogP contribution in [-0.2, 0) is 10.0 Å². The van der Waals surface area contributed by atoms with E-state index in [-0.39, 0.29) is 5.92 Å². The molecule has 1 aliphatic rings. The largest absolute Gasteiger partial charge is 0.314 e. The summed E-state index contributed by atoms with van der Waals surface area (Å²) in [4.78, 5) is 2.87. The van der Waals surface area contributed by atoms with Crippen molar-refractivity contribution in [3.8, 4) is 0 Å². The Balaban J connectivity index is 1.65. The van der Waals surface area contributed by atoms with Gasteiger partial charge < -0.3 is 10.2 Å². The highest BCUT2D eigenvalue weighted by molar-refractivity contribution is 7.89. The van der Waals surface area contributed by atoms with Crippen molar-refractivity contribution in [3.63, 3.8) is 0 Å². The molecule has 0 aromatic heterocycles. The van der Waals surface area contributed by atoms with Gasteiger partial charge in [-0.15, -0.1) is 0 Å². The van der Waals surface area contributed by atoms with Gasteiger partial charge in [-0.1, -0.05) is 55.5 Å². The Bertz CT molecular complexity index is 851.